The molecule has 9 heteroatoms. The first-order chi connectivity index (χ1) is 17.1. The van der Waals surface area contributed by atoms with Crippen molar-refractivity contribution in [1.29, 1.82) is 0 Å². The van der Waals surface area contributed by atoms with E-state index in [4.69, 9.17) is 14.1 Å². The number of amides is 1. The van der Waals surface area contributed by atoms with E-state index in [-0.39, 0.29) is 18.9 Å². The molecule has 0 spiro atoms. The van der Waals surface area contributed by atoms with Gasteiger partial charge in [-0.2, -0.15) is 0 Å². The van der Waals surface area contributed by atoms with Gasteiger partial charge in [-0.3, -0.25) is 19.1 Å². The van der Waals surface area contributed by atoms with Gasteiger partial charge in [-0.25, -0.2) is 9.78 Å². The van der Waals surface area contributed by atoms with Gasteiger partial charge < -0.3 is 9.15 Å². The highest BCUT2D eigenvalue weighted by atomic mass is 32.1. The molecule has 1 aliphatic carbocycles. The Morgan fingerprint density at radius 1 is 1.06 bits per heavy atom. The maximum atomic E-state index is 13.2. The van der Waals surface area contributed by atoms with Crippen LogP contribution in [0.1, 0.15) is 35.4 Å². The van der Waals surface area contributed by atoms with Crippen LogP contribution in [0, 0.1) is 0 Å². The van der Waals surface area contributed by atoms with Crippen molar-refractivity contribution >= 4 is 39.4 Å². The molecule has 2 aromatic heterocycles. The topological polar surface area (TPSA) is 94.6 Å². The zero-order chi connectivity index (χ0) is 24.2. The number of para-hydroxylation sites is 2. The van der Waals surface area contributed by atoms with Gasteiger partial charge in [-0.15, -0.1) is 11.3 Å². The minimum absolute atomic E-state index is 0.0546. The van der Waals surface area contributed by atoms with Crippen molar-refractivity contribution in [2.75, 3.05) is 11.5 Å². The van der Waals surface area contributed by atoms with Crippen LogP contribution in [0.25, 0.3) is 11.1 Å². The van der Waals surface area contributed by atoms with Crippen molar-refractivity contribution in [2.45, 2.75) is 45.2 Å². The molecule has 5 rings (SSSR count). The summed E-state index contributed by atoms with van der Waals surface area (Å²) in [5.41, 5.74) is 3.11. The molecule has 180 valence electrons. The lowest BCUT2D eigenvalue weighted by atomic mass is 10.0. The second-order valence-electron chi connectivity index (χ2n) is 8.44. The van der Waals surface area contributed by atoms with Crippen molar-refractivity contribution in [3.05, 3.63) is 81.3 Å². The van der Waals surface area contributed by atoms with Crippen LogP contribution in [0.2, 0.25) is 0 Å². The molecule has 1 aliphatic rings. The molecule has 0 aliphatic heterocycles. The van der Waals surface area contributed by atoms with Gasteiger partial charge in [-0.05, 0) is 43.4 Å². The third-order valence-corrected chi connectivity index (χ3v) is 7.20. The van der Waals surface area contributed by atoms with E-state index in [2.05, 4.69) is 0 Å². The van der Waals surface area contributed by atoms with Gasteiger partial charge in [0.25, 0.3) is 5.91 Å². The van der Waals surface area contributed by atoms with E-state index in [1.54, 1.807) is 40.5 Å². The minimum Gasteiger partial charge on any atom is -0.455 e. The highest BCUT2D eigenvalue weighted by Crippen LogP contribution is 2.32. The number of thiazole rings is 1. The average Bonchev–Trinajstić information content (AvgIpc) is 3.45. The number of rotatable bonds is 8. The van der Waals surface area contributed by atoms with Crippen molar-refractivity contribution < 1.29 is 18.7 Å². The number of oxazole rings is 1. The zero-order valence-corrected chi connectivity index (χ0v) is 20.0. The number of fused-ring (bicyclic) bond motifs is 2. The van der Waals surface area contributed by atoms with E-state index >= 15 is 0 Å². The molecule has 0 unspecified atom stereocenters. The molecule has 2 aromatic carbocycles. The highest BCUT2D eigenvalue weighted by molar-refractivity contribution is 7.15. The van der Waals surface area contributed by atoms with Gasteiger partial charge in [0.1, 0.15) is 0 Å². The molecular formula is C26H25N3O5S. The van der Waals surface area contributed by atoms with Crippen LogP contribution in [-0.4, -0.2) is 28.0 Å². The lowest BCUT2D eigenvalue weighted by Crippen LogP contribution is -2.34. The number of aromatic nitrogens is 2. The third-order valence-electron chi connectivity index (χ3n) is 6.02. The minimum atomic E-state index is -0.561. The predicted molar refractivity (Wildman–Crippen MR) is 132 cm³/mol. The van der Waals surface area contributed by atoms with E-state index in [0.717, 1.165) is 36.9 Å². The number of esters is 1. The predicted octanol–water partition coefficient (Wildman–Crippen LogP) is 4.10. The summed E-state index contributed by atoms with van der Waals surface area (Å²) >= 11 is 1.54. The van der Waals surface area contributed by atoms with Crippen molar-refractivity contribution in [3.8, 4) is 0 Å². The largest absolute Gasteiger partial charge is 0.455 e. The number of aryl methyl sites for hydroxylation is 3. The van der Waals surface area contributed by atoms with Gasteiger partial charge in [-0.1, -0.05) is 42.5 Å². The molecule has 0 N–H and O–H groups in total. The number of nitrogens with zero attached hydrogens (tertiary/aromatic N) is 3. The van der Waals surface area contributed by atoms with Crippen molar-refractivity contribution in [1.82, 2.24) is 9.55 Å². The number of ether oxygens (including phenoxy) is 1. The fraction of sp³-hybridized carbons (Fsp3) is 0.308. The summed E-state index contributed by atoms with van der Waals surface area (Å²) in [5.74, 6) is -1.43. The highest BCUT2D eigenvalue weighted by Gasteiger charge is 2.24. The maximum Gasteiger partial charge on any atom is 0.419 e. The molecule has 4 aromatic rings. The lowest BCUT2D eigenvalue weighted by molar-refractivity contribution is -0.148. The number of hydrogen-bond donors (Lipinski definition) is 0. The Morgan fingerprint density at radius 2 is 1.83 bits per heavy atom. The summed E-state index contributed by atoms with van der Waals surface area (Å²) < 4.78 is 11.9. The summed E-state index contributed by atoms with van der Waals surface area (Å²) in [6, 6.07) is 16.7. The normalized spacial score (nSPS) is 12.9. The first kappa shape index (κ1) is 23.0. The van der Waals surface area contributed by atoms with E-state index in [1.165, 1.54) is 9.44 Å². The molecule has 0 bridgehead atoms. The Labute approximate surface area is 205 Å². The first-order valence-electron chi connectivity index (χ1n) is 11.7. The molecule has 0 saturated carbocycles. The monoisotopic (exact) mass is 491 g/mol. The number of carbonyl (C=O) groups excluding carboxylic acids is 2. The second kappa shape index (κ2) is 10.3. The van der Waals surface area contributed by atoms with Crippen LogP contribution in [0.5, 0.6) is 0 Å². The summed E-state index contributed by atoms with van der Waals surface area (Å²) in [6.07, 6.45) is 4.10. The summed E-state index contributed by atoms with van der Waals surface area (Å²) in [5, 5.41) is 0.637. The molecule has 8 nitrogen and oxygen atoms in total. The van der Waals surface area contributed by atoms with E-state index in [0.29, 0.717) is 22.8 Å². The van der Waals surface area contributed by atoms with Crippen LogP contribution in [0.3, 0.4) is 0 Å². The molecule has 0 saturated heterocycles. The van der Waals surface area contributed by atoms with E-state index in [9.17, 15) is 14.4 Å². The van der Waals surface area contributed by atoms with Crippen LogP contribution < -0.4 is 10.7 Å². The summed E-state index contributed by atoms with van der Waals surface area (Å²) in [4.78, 5) is 45.2. The summed E-state index contributed by atoms with van der Waals surface area (Å²) in [7, 11) is 0. The van der Waals surface area contributed by atoms with E-state index < -0.39 is 18.3 Å². The van der Waals surface area contributed by atoms with Gasteiger partial charge in [0.15, 0.2) is 17.3 Å². The number of anilines is 1. The SMILES string of the molecule is O=C(CCn1c(=O)oc2ccccc21)OCC(=O)N(Cc1ccccc1)c1nc2c(s1)CCCC2. The fourth-order valence-corrected chi connectivity index (χ4v) is 5.37. The Bertz CT molecular complexity index is 1380. The molecule has 0 atom stereocenters. The van der Waals surface area contributed by atoms with Crippen molar-refractivity contribution in [2.24, 2.45) is 0 Å². The molecular weight excluding hydrogens is 466 g/mol. The van der Waals surface area contributed by atoms with Crippen LogP contribution in [-0.2, 0) is 40.3 Å². The fourth-order valence-electron chi connectivity index (χ4n) is 4.20. The van der Waals surface area contributed by atoms with E-state index in [1.807, 2.05) is 30.3 Å². The molecule has 1 amide bonds. The van der Waals surface area contributed by atoms with Gasteiger partial charge in [0.2, 0.25) is 0 Å². The Morgan fingerprint density at radius 3 is 2.66 bits per heavy atom. The maximum absolute atomic E-state index is 13.2. The molecule has 0 radical (unpaired) electrons. The second-order valence-corrected chi connectivity index (χ2v) is 9.50. The van der Waals surface area contributed by atoms with Crippen LogP contribution >= 0.6 is 11.3 Å². The third kappa shape index (κ3) is 5.19. The zero-order valence-electron chi connectivity index (χ0n) is 19.1. The Hall–Kier alpha value is -3.72. The van der Waals surface area contributed by atoms with Gasteiger partial charge in [0.05, 0.1) is 24.2 Å². The van der Waals surface area contributed by atoms with Crippen molar-refractivity contribution in [3.63, 3.8) is 0 Å². The number of hydrogen-bond acceptors (Lipinski definition) is 7. The number of carbonyl (C=O) groups is 2. The smallest absolute Gasteiger partial charge is 0.419 e. The molecule has 2 heterocycles. The molecule has 35 heavy (non-hydrogen) atoms. The quantitative estimate of drug-likeness (QED) is 0.345. The number of benzene rings is 2. The molecule has 0 fully saturated rings. The Balaban J connectivity index is 1.25. The standard InChI is InChI=1S/C26H25N3O5S/c30-23(17-33-24(31)14-15-28-20-11-5-6-12-21(20)34-26(28)32)29(16-18-8-2-1-3-9-18)25-27-19-10-4-7-13-22(19)35-25/h1-3,5-6,8-9,11-12H,4,7,10,13-17H2. The average molecular weight is 492 g/mol. The van der Waals surface area contributed by atoms with Crippen LogP contribution in [0.15, 0.2) is 63.8 Å². The van der Waals surface area contributed by atoms with Gasteiger partial charge >= 0.3 is 11.7 Å². The summed E-state index contributed by atoms with van der Waals surface area (Å²) in [6.45, 7) is 0.0623. The van der Waals surface area contributed by atoms with Crippen LogP contribution in [0.4, 0.5) is 5.13 Å². The first-order valence-corrected chi connectivity index (χ1v) is 12.5. The lowest BCUT2D eigenvalue weighted by Gasteiger charge is -2.20. The van der Waals surface area contributed by atoms with Gasteiger partial charge in [0, 0.05) is 11.4 Å². The Kier molecular flexibility index (Phi) is 6.76.